The maximum atomic E-state index is 11.7. The first-order valence-electron chi connectivity index (χ1n) is 8.04. The molecule has 0 aliphatic carbocycles. The number of carbonyl (C=O) groups is 2. The third-order valence-corrected chi connectivity index (χ3v) is 3.27. The fourth-order valence-corrected chi connectivity index (χ4v) is 1.95. The van der Waals surface area contributed by atoms with Gasteiger partial charge in [-0.15, -0.1) is 0 Å². The SMILES string of the molecule is Cc1ccc(OCCNC(=O)CNC(=O)COc2ccccc2)cc1. The largest absolute Gasteiger partial charge is 0.492 e. The molecule has 0 bridgehead atoms. The second kappa shape index (κ2) is 9.97. The molecule has 0 saturated carbocycles. The number of rotatable bonds is 9. The fourth-order valence-electron chi connectivity index (χ4n) is 1.95. The fraction of sp³-hybridized carbons (Fsp3) is 0.263. The molecule has 0 aliphatic heterocycles. The molecule has 0 aliphatic rings. The summed E-state index contributed by atoms with van der Waals surface area (Å²) in [6.45, 7) is 2.50. The summed E-state index contributed by atoms with van der Waals surface area (Å²) < 4.78 is 10.8. The number of amides is 2. The molecule has 2 amide bonds. The number of carbonyl (C=O) groups excluding carboxylic acids is 2. The Labute approximate surface area is 147 Å². The Bertz CT molecular complexity index is 672. The van der Waals surface area contributed by atoms with Gasteiger partial charge in [-0.25, -0.2) is 0 Å². The van der Waals surface area contributed by atoms with E-state index in [0.717, 1.165) is 11.3 Å². The van der Waals surface area contributed by atoms with Crippen molar-refractivity contribution in [1.82, 2.24) is 10.6 Å². The van der Waals surface area contributed by atoms with Gasteiger partial charge in [-0.05, 0) is 31.2 Å². The molecule has 6 heteroatoms. The lowest BCUT2D eigenvalue weighted by Gasteiger charge is -2.09. The Morgan fingerprint density at radius 1 is 0.840 bits per heavy atom. The molecule has 2 aromatic carbocycles. The van der Waals surface area contributed by atoms with Gasteiger partial charge in [-0.2, -0.15) is 0 Å². The molecule has 6 nitrogen and oxygen atoms in total. The van der Waals surface area contributed by atoms with Crippen LogP contribution in [0.15, 0.2) is 54.6 Å². The average Bonchev–Trinajstić information content (AvgIpc) is 2.64. The molecule has 0 heterocycles. The number of hydrogen-bond donors (Lipinski definition) is 2. The molecule has 0 saturated heterocycles. The molecular weight excluding hydrogens is 320 g/mol. The van der Waals surface area contributed by atoms with Gasteiger partial charge in [-0.1, -0.05) is 35.9 Å². The summed E-state index contributed by atoms with van der Waals surface area (Å²) in [7, 11) is 0. The zero-order valence-corrected chi connectivity index (χ0v) is 14.2. The summed E-state index contributed by atoms with van der Waals surface area (Å²) in [5.41, 5.74) is 1.16. The molecule has 2 N–H and O–H groups in total. The predicted octanol–water partition coefficient (Wildman–Crippen LogP) is 1.69. The van der Waals surface area contributed by atoms with Crippen molar-refractivity contribution in [2.75, 3.05) is 26.3 Å². The van der Waals surface area contributed by atoms with E-state index in [-0.39, 0.29) is 25.0 Å². The minimum Gasteiger partial charge on any atom is -0.492 e. The first kappa shape index (κ1) is 18.3. The van der Waals surface area contributed by atoms with E-state index in [1.165, 1.54) is 0 Å². The van der Waals surface area contributed by atoms with Crippen molar-refractivity contribution < 1.29 is 19.1 Å². The van der Waals surface area contributed by atoms with Gasteiger partial charge in [-0.3, -0.25) is 9.59 Å². The van der Waals surface area contributed by atoms with E-state index in [0.29, 0.717) is 18.9 Å². The van der Waals surface area contributed by atoms with Crippen LogP contribution in [-0.4, -0.2) is 38.1 Å². The highest BCUT2D eigenvalue weighted by Gasteiger charge is 2.06. The first-order valence-corrected chi connectivity index (χ1v) is 8.04. The predicted molar refractivity (Wildman–Crippen MR) is 94.6 cm³/mol. The van der Waals surface area contributed by atoms with Gasteiger partial charge in [0.1, 0.15) is 18.1 Å². The van der Waals surface area contributed by atoms with E-state index in [1.54, 1.807) is 12.1 Å². The number of ether oxygens (including phenoxy) is 2. The number of aryl methyl sites for hydroxylation is 1. The second-order valence-electron chi connectivity index (χ2n) is 5.39. The molecule has 0 spiro atoms. The summed E-state index contributed by atoms with van der Waals surface area (Å²) in [6, 6.07) is 16.7. The minimum atomic E-state index is -0.352. The van der Waals surface area contributed by atoms with Gasteiger partial charge < -0.3 is 20.1 Å². The smallest absolute Gasteiger partial charge is 0.258 e. The Kier molecular flexibility index (Phi) is 7.31. The van der Waals surface area contributed by atoms with Crippen molar-refractivity contribution in [2.45, 2.75) is 6.92 Å². The Balaban J connectivity index is 1.54. The lowest BCUT2D eigenvalue weighted by molar-refractivity contribution is -0.127. The van der Waals surface area contributed by atoms with E-state index in [2.05, 4.69) is 10.6 Å². The minimum absolute atomic E-state index is 0.0957. The van der Waals surface area contributed by atoms with Crippen LogP contribution in [0, 0.1) is 6.92 Å². The van der Waals surface area contributed by atoms with Crippen LogP contribution < -0.4 is 20.1 Å². The molecule has 2 rings (SSSR count). The summed E-state index contributed by atoms with van der Waals surface area (Å²) in [5.74, 6) is 0.733. The van der Waals surface area contributed by atoms with Gasteiger partial charge in [0, 0.05) is 0 Å². The van der Waals surface area contributed by atoms with Crippen LogP contribution in [0.2, 0.25) is 0 Å². The lowest BCUT2D eigenvalue weighted by Crippen LogP contribution is -2.40. The first-order chi connectivity index (χ1) is 12.1. The molecule has 0 atom stereocenters. The Hall–Kier alpha value is -3.02. The monoisotopic (exact) mass is 342 g/mol. The van der Waals surface area contributed by atoms with Crippen molar-refractivity contribution in [3.8, 4) is 11.5 Å². The lowest BCUT2D eigenvalue weighted by atomic mass is 10.2. The highest BCUT2D eigenvalue weighted by atomic mass is 16.5. The molecule has 0 radical (unpaired) electrons. The molecule has 0 fully saturated rings. The molecule has 2 aromatic rings. The zero-order chi connectivity index (χ0) is 17.9. The van der Waals surface area contributed by atoms with Crippen molar-refractivity contribution in [2.24, 2.45) is 0 Å². The van der Waals surface area contributed by atoms with E-state index < -0.39 is 0 Å². The maximum absolute atomic E-state index is 11.7. The van der Waals surface area contributed by atoms with E-state index in [4.69, 9.17) is 9.47 Å². The van der Waals surface area contributed by atoms with Crippen LogP contribution in [0.1, 0.15) is 5.56 Å². The standard InChI is InChI=1S/C19H22N2O4/c1-15-7-9-17(10-8-15)24-12-11-20-18(22)13-21-19(23)14-25-16-5-3-2-4-6-16/h2-10H,11-14H2,1H3,(H,20,22)(H,21,23). The average molecular weight is 342 g/mol. The Morgan fingerprint density at radius 2 is 1.52 bits per heavy atom. The number of hydrogen-bond acceptors (Lipinski definition) is 4. The highest BCUT2D eigenvalue weighted by Crippen LogP contribution is 2.10. The molecular formula is C19H22N2O4. The summed E-state index contributed by atoms with van der Waals surface area (Å²) in [6.07, 6.45) is 0. The van der Waals surface area contributed by atoms with Crippen molar-refractivity contribution >= 4 is 11.8 Å². The highest BCUT2D eigenvalue weighted by molar-refractivity contribution is 5.85. The van der Waals surface area contributed by atoms with Gasteiger partial charge >= 0.3 is 0 Å². The number of benzene rings is 2. The maximum Gasteiger partial charge on any atom is 0.258 e. The molecule has 0 aromatic heterocycles. The van der Waals surface area contributed by atoms with Crippen LogP contribution in [0.5, 0.6) is 11.5 Å². The molecule has 25 heavy (non-hydrogen) atoms. The summed E-state index contributed by atoms with van der Waals surface area (Å²) >= 11 is 0. The normalized spacial score (nSPS) is 9.96. The second-order valence-corrected chi connectivity index (χ2v) is 5.39. The number of para-hydroxylation sites is 1. The van der Waals surface area contributed by atoms with Gasteiger partial charge in [0.2, 0.25) is 5.91 Å². The van der Waals surface area contributed by atoms with Crippen molar-refractivity contribution in [3.05, 3.63) is 60.2 Å². The van der Waals surface area contributed by atoms with E-state index in [1.807, 2.05) is 49.4 Å². The van der Waals surface area contributed by atoms with Gasteiger partial charge in [0.15, 0.2) is 6.61 Å². The Morgan fingerprint density at radius 3 is 2.24 bits per heavy atom. The van der Waals surface area contributed by atoms with Crippen molar-refractivity contribution in [1.29, 1.82) is 0 Å². The van der Waals surface area contributed by atoms with Crippen LogP contribution in [0.25, 0.3) is 0 Å². The van der Waals surface area contributed by atoms with Gasteiger partial charge in [0.25, 0.3) is 5.91 Å². The molecule has 132 valence electrons. The van der Waals surface area contributed by atoms with Crippen LogP contribution in [0.4, 0.5) is 0 Å². The quantitative estimate of drug-likeness (QED) is 0.680. The zero-order valence-electron chi connectivity index (χ0n) is 14.2. The van der Waals surface area contributed by atoms with Crippen molar-refractivity contribution in [3.63, 3.8) is 0 Å². The van der Waals surface area contributed by atoms with E-state index in [9.17, 15) is 9.59 Å². The van der Waals surface area contributed by atoms with Crippen LogP contribution in [0.3, 0.4) is 0 Å². The third-order valence-electron chi connectivity index (χ3n) is 3.27. The summed E-state index contributed by atoms with van der Waals surface area (Å²) in [5, 5.41) is 5.17. The van der Waals surface area contributed by atoms with Crippen LogP contribution >= 0.6 is 0 Å². The topological polar surface area (TPSA) is 76.7 Å². The summed E-state index contributed by atoms with van der Waals surface area (Å²) in [4.78, 5) is 23.3. The van der Waals surface area contributed by atoms with E-state index >= 15 is 0 Å². The van der Waals surface area contributed by atoms with Crippen LogP contribution in [-0.2, 0) is 9.59 Å². The number of nitrogens with one attached hydrogen (secondary N) is 2. The van der Waals surface area contributed by atoms with Gasteiger partial charge in [0.05, 0.1) is 13.1 Å². The third kappa shape index (κ3) is 7.39. The molecule has 0 unspecified atom stereocenters.